The zero-order chi connectivity index (χ0) is 20.4. The standard InChI is InChI=1S/C23H28N4O2/c1-23(2,3)29-22(28)27-15-13-26(14-16-27)12-6-7-17-10-11-24-21-20(17)18-8-4-5-9-19(18)25-21/h4-11H,12-16H2,1-3H3,(H,24,25)/b7-6+. The first-order valence-electron chi connectivity index (χ1n) is 10.1. The van der Waals surface area contributed by atoms with Gasteiger partial charge in [-0.25, -0.2) is 9.78 Å². The topological polar surface area (TPSA) is 61.5 Å². The largest absolute Gasteiger partial charge is 0.444 e. The molecule has 0 radical (unpaired) electrons. The predicted octanol–water partition coefficient (Wildman–Crippen LogP) is 4.28. The molecule has 1 aliphatic heterocycles. The van der Waals surface area contributed by atoms with Gasteiger partial charge in [-0.2, -0.15) is 0 Å². The molecular formula is C23H28N4O2. The molecule has 0 spiro atoms. The summed E-state index contributed by atoms with van der Waals surface area (Å²) in [5, 5.41) is 2.36. The first-order chi connectivity index (χ1) is 13.9. The van der Waals surface area contributed by atoms with Crippen molar-refractivity contribution in [2.75, 3.05) is 32.7 Å². The van der Waals surface area contributed by atoms with Gasteiger partial charge in [0.25, 0.3) is 0 Å². The molecule has 6 heteroatoms. The van der Waals surface area contributed by atoms with Crippen molar-refractivity contribution in [1.29, 1.82) is 0 Å². The molecular weight excluding hydrogens is 364 g/mol. The lowest BCUT2D eigenvalue weighted by molar-refractivity contribution is 0.0154. The van der Waals surface area contributed by atoms with Crippen molar-refractivity contribution in [3.8, 4) is 0 Å². The van der Waals surface area contributed by atoms with Gasteiger partial charge in [-0.1, -0.05) is 30.4 Å². The normalized spacial score (nSPS) is 16.2. The summed E-state index contributed by atoms with van der Waals surface area (Å²) in [5.41, 5.74) is 2.74. The summed E-state index contributed by atoms with van der Waals surface area (Å²) >= 11 is 0. The second kappa shape index (κ2) is 7.87. The van der Waals surface area contributed by atoms with Gasteiger partial charge in [0.2, 0.25) is 0 Å². The number of hydrogen-bond donors (Lipinski definition) is 1. The molecule has 3 aromatic rings. The third kappa shape index (κ3) is 4.43. The molecule has 1 fully saturated rings. The number of nitrogens with zero attached hydrogens (tertiary/aromatic N) is 3. The van der Waals surface area contributed by atoms with Crippen LogP contribution in [0.15, 0.2) is 42.6 Å². The maximum absolute atomic E-state index is 12.2. The van der Waals surface area contributed by atoms with Gasteiger partial charge in [0.1, 0.15) is 11.2 Å². The van der Waals surface area contributed by atoms with Crippen molar-refractivity contribution in [1.82, 2.24) is 19.8 Å². The van der Waals surface area contributed by atoms with Gasteiger partial charge in [-0.05, 0) is 38.5 Å². The van der Waals surface area contributed by atoms with Crippen molar-refractivity contribution in [3.05, 3.63) is 48.2 Å². The fourth-order valence-corrected chi connectivity index (χ4v) is 3.70. The maximum Gasteiger partial charge on any atom is 0.410 e. The molecule has 1 aromatic carbocycles. The quantitative estimate of drug-likeness (QED) is 0.723. The van der Waals surface area contributed by atoms with Crippen LogP contribution in [-0.2, 0) is 4.74 Å². The van der Waals surface area contributed by atoms with Crippen LogP contribution in [0.1, 0.15) is 26.3 Å². The van der Waals surface area contributed by atoms with Crippen LogP contribution >= 0.6 is 0 Å². The number of pyridine rings is 1. The summed E-state index contributed by atoms with van der Waals surface area (Å²) in [4.78, 5) is 24.2. The number of fused-ring (bicyclic) bond motifs is 3. The van der Waals surface area contributed by atoms with Gasteiger partial charge < -0.3 is 14.6 Å². The van der Waals surface area contributed by atoms with E-state index < -0.39 is 5.60 Å². The number of carbonyl (C=O) groups is 1. The molecule has 0 aliphatic carbocycles. The third-order valence-electron chi connectivity index (χ3n) is 5.12. The van der Waals surface area contributed by atoms with E-state index in [4.69, 9.17) is 4.74 Å². The van der Waals surface area contributed by atoms with E-state index in [-0.39, 0.29) is 6.09 Å². The van der Waals surface area contributed by atoms with Gasteiger partial charge in [-0.15, -0.1) is 0 Å². The highest BCUT2D eigenvalue weighted by Gasteiger charge is 2.25. The Bertz CT molecular complexity index is 1040. The Labute approximate surface area is 171 Å². The molecule has 1 saturated heterocycles. The van der Waals surface area contributed by atoms with E-state index in [0.717, 1.165) is 36.2 Å². The van der Waals surface area contributed by atoms with E-state index in [9.17, 15) is 4.79 Å². The number of para-hydroxylation sites is 1. The number of nitrogens with one attached hydrogen (secondary N) is 1. The van der Waals surface area contributed by atoms with Crippen molar-refractivity contribution in [2.24, 2.45) is 0 Å². The summed E-state index contributed by atoms with van der Waals surface area (Å²) in [7, 11) is 0. The molecule has 0 saturated carbocycles. The van der Waals surface area contributed by atoms with E-state index in [1.54, 1.807) is 4.90 Å². The molecule has 3 heterocycles. The third-order valence-corrected chi connectivity index (χ3v) is 5.12. The maximum atomic E-state index is 12.2. The highest BCUT2D eigenvalue weighted by atomic mass is 16.6. The number of amides is 1. The first-order valence-corrected chi connectivity index (χ1v) is 10.1. The Morgan fingerprint density at radius 3 is 2.69 bits per heavy atom. The van der Waals surface area contributed by atoms with Gasteiger partial charge in [0.05, 0.1) is 0 Å². The second-order valence-electron chi connectivity index (χ2n) is 8.46. The Hall–Kier alpha value is -2.86. The lowest BCUT2D eigenvalue weighted by Crippen LogP contribution is -2.49. The number of H-pyrrole nitrogens is 1. The van der Waals surface area contributed by atoms with Crippen molar-refractivity contribution in [2.45, 2.75) is 26.4 Å². The number of ether oxygens (including phenoxy) is 1. The Morgan fingerprint density at radius 2 is 1.93 bits per heavy atom. The first kappa shape index (κ1) is 19.5. The van der Waals surface area contributed by atoms with Gasteiger partial charge in [0, 0.05) is 55.2 Å². The summed E-state index contributed by atoms with van der Waals surface area (Å²) in [6.07, 6.45) is 5.99. The SMILES string of the molecule is CC(C)(C)OC(=O)N1CCN(C/C=C/c2ccnc3[nH]c4ccccc4c23)CC1. The van der Waals surface area contributed by atoms with Gasteiger partial charge in [-0.3, -0.25) is 4.90 Å². The monoisotopic (exact) mass is 392 g/mol. The van der Waals surface area contributed by atoms with E-state index in [0.29, 0.717) is 13.1 Å². The minimum atomic E-state index is -0.449. The zero-order valence-electron chi connectivity index (χ0n) is 17.3. The summed E-state index contributed by atoms with van der Waals surface area (Å²) in [6, 6.07) is 10.3. The summed E-state index contributed by atoms with van der Waals surface area (Å²) in [5.74, 6) is 0. The van der Waals surface area contributed by atoms with Crippen molar-refractivity contribution in [3.63, 3.8) is 0 Å². The van der Waals surface area contributed by atoms with E-state index in [1.165, 1.54) is 10.9 Å². The molecule has 29 heavy (non-hydrogen) atoms. The zero-order valence-corrected chi connectivity index (χ0v) is 17.3. The lowest BCUT2D eigenvalue weighted by atomic mass is 10.1. The Morgan fingerprint density at radius 1 is 1.17 bits per heavy atom. The van der Waals surface area contributed by atoms with E-state index >= 15 is 0 Å². The Kier molecular flexibility index (Phi) is 5.28. The molecule has 0 bridgehead atoms. The van der Waals surface area contributed by atoms with Crippen LogP contribution in [0, 0.1) is 0 Å². The average molecular weight is 393 g/mol. The Balaban J connectivity index is 1.39. The molecule has 2 aromatic heterocycles. The molecule has 1 aliphatic rings. The number of aromatic nitrogens is 2. The van der Waals surface area contributed by atoms with E-state index in [1.807, 2.05) is 33.0 Å². The highest BCUT2D eigenvalue weighted by Crippen LogP contribution is 2.27. The number of hydrogen-bond acceptors (Lipinski definition) is 4. The minimum absolute atomic E-state index is 0.216. The van der Waals surface area contributed by atoms with Gasteiger partial charge in [0.15, 0.2) is 0 Å². The second-order valence-corrected chi connectivity index (χ2v) is 8.46. The van der Waals surface area contributed by atoms with Crippen LogP contribution in [0.4, 0.5) is 4.79 Å². The minimum Gasteiger partial charge on any atom is -0.444 e. The van der Waals surface area contributed by atoms with Crippen LogP contribution in [0.25, 0.3) is 28.0 Å². The molecule has 152 valence electrons. The van der Waals surface area contributed by atoms with Crippen LogP contribution in [-0.4, -0.2) is 64.2 Å². The number of aromatic amines is 1. The fourth-order valence-electron chi connectivity index (χ4n) is 3.70. The molecule has 6 nitrogen and oxygen atoms in total. The molecule has 1 N–H and O–H groups in total. The number of benzene rings is 1. The fraction of sp³-hybridized carbons (Fsp3) is 0.391. The number of rotatable bonds is 3. The van der Waals surface area contributed by atoms with Crippen LogP contribution < -0.4 is 0 Å². The number of carbonyl (C=O) groups excluding carboxylic acids is 1. The van der Waals surface area contributed by atoms with Crippen molar-refractivity contribution < 1.29 is 9.53 Å². The van der Waals surface area contributed by atoms with Crippen LogP contribution in [0.3, 0.4) is 0 Å². The summed E-state index contributed by atoms with van der Waals surface area (Å²) < 4.78 is 5.47. The summed E-state index contributed by atoms with van der Waals surface area (Å²) in [6.45, 7) is 9.65. The smallest absolute Gasteiger partial charge is 0.410 e. The molecule has 0 atom stereocenters. The lowest BCUT2D eigenvalue weighted by Gasteiger charge is -2.35. The molecule has 4 rings (SSSR count). The average Bonchev–Trinajstić information content (AvgIpc) is 3.06. The van der Waals surface area contributed by atoms with Crippen LogP contribution in [0.5, 0.6) is 0 Å². The van der Waals surface area contributed by atoms with Crippen LogP contribution in [0.2, 0.25) is 0 Å². The highest BCUT2D eigenvalue weighted by molar-refractivity contribution is 6.09. The predicted molar refractivity (Wildman–Crippen MR) is 117 cm³/mol. The van der Waals surface area contributed by atoms with Crippen molar-refractivity contribution >= 4 is 34.1 Å². The molecule has 0 unspecified atom stereocenters. The van der Waals surface area contributed by atoms with E-state index in [2.05, 4.69) is 51.3 Å². The molecule has 1 amide bonds. The van der Waals surface area contributed by atoms with Gasteiger partial charge >= 0.3 is 6.09 Å². The number of piperazine rings is 1.